The van der Waals surface area contributed by atoms with Crippen molar-refractivity contribution in [2.75, 3.05) is 30.8 Å². The van der Waals surface area contributed by atoms with Crippen molar-refractivity contribution in [3.05, 3.63) is 40.6 Å². The second kappa shape index (κ2) is 7.21. The van der Waals surface area contributed by atoms with Gasteiger partial charge in [-0.1, -0.05) is 6.07 Å². The molecule has 0 bridgehead atoms. The van der Waals surface area contributed by atoms with Gasteiger partial charge in [0.25, 0.3) is 0 Å². The molecule has 0 aliphatic carbocycles. The van der Waals surface area contributed by atoms with Gasteiger partial charge >= 0.3 is 0 Å². The number of nitrogens with zero attached hydrogens (tertiary/aromatic N) is 2. The standard InChI is InChI=1S/C14H18BrN5/c1-10-3-4-12(11(15)7-10)20-14-8-13(18-9-19-14)17-6-5-16-2/h3-4,7-9,16H,5-6H2,1-2H3,(H2,17,18,19,20). The van der Waals surface area contributed by atoms with Crippen LogP contribution in [0.1, 0.15) is 5.56 Å². The predicted octanol–water partition coefficient (Wildman–Crippen LogP) is 2.92. The first-order valence-electron chi connectivity index (χ1n) is 6.43. The molecule has 3 N–H and O–H groups in total. The summed E-state index contributed by atoms with van der Waals surface area (Å²) in [6.45, 7) is 3.76. The Kier molecular flexibility index (Phi) is 5.31. The molecule has 0 spiro atoms. The van der Waals surface area contributed by atoms with Crippen molar-refractivity contribution in [3.63, 3.8) is 0 Å². The Bertz CT molecular complexity index is 573. The molecule has 0 atom stereocenters. The topological polar surface area (TPSA) is 61.9 Å². The van der Waals surface area contributed by atoms with Crippen LogP contribution in [0.3, 0.4) is 0 Å². The first-order chi connectivity index (χ1) is 9.69. The molecule has 2 rings (SSSR count). The number of hydrogen-bond acceptors (Lipinski definition) is 5. The summed E-state index contributed by atoms with van der Waals surface area (Å²) in [5.41, 5.74) is 2.19. The van der Waals surface area contributed by atoms with Crippen LogP contribution in [0.15, 0.2) is 35.1 Å². The van der Waals surface area contributed by atoms with Gasteiger partial charge in [-0.3, -0.25) is 0 Å². The van der Waals surface area contributed by atoms with Crippen LogP contribution in [-0.2, 0) is 0 Å². The molecule has 0 saturated carbocycles. The van der Waals surface area contributed by atoms with Crippen LogP contribution in [0.2, 0.25) is 0 Å². The summed E-state index contributed by atoms with van der Waals surface area (Å²) in [5, 5.41) is 9.58. The number of likely N-dealkylation sites (N-methyl/N-ethyl adjacent to an activating group) is 1. The zero-order valence-electron chi connectivity index (χ0n) is 11.6. The van der Waals surface area contributed by atoms with Crippen LogP contribution in [0, 0.1) is 6.92 Å². The smallest absolute Gasteiger partial charge is 0.135 e. The number of halogens is 1. The molecule has 0 fully saturated rings. The fourth-order valence-corrected chi connectivity index (χ4v) is 2.29. The van der Waals surface area contributed by atoms with E-state index in [1.54, 1.807) is 6.33 Å². The summed E-state index contributed by atoms with van der Waals surface area (Å²) < 4.78 is 1.01. The fraction of sp³-hybridized carbons (Fsp3) is 0.286. The van der Waals surface area contributed by atoms with Crippen LogP contribution >= 0.6 is 15.9 Å². The van der Waals surface area contributed by atoms with Crippen LogP contribution in [-0.4, -0.2) is 30.1 Å². The lowest BCUT2D eigenvalue weighted by Crippen LogP contribution is -2.18. The Hall–Kier alpha value is -1.66. The summed E-state index contributed by atoms with van der Waals surface area (Å²) in [5.74, 6) is 1.57. The first-order valence-corrected chi connectivity index (χ1v) is 7.22. The highest BCUT2D eigenvalue weighted by atomic mass is 79.9. The molecule has 5 nitrogen and oxygen atoms in total. The molecule has 106 valence electrons. The van der Waals surface area contributed by atoms with Gasteiger partial charge in [0.2, 0.25) is 0 Å². The fourth-order valence-electron chi connectivity index (χ4n) is 1.70. The van der Waals surface area contributed by atoms with E-state index >= 15 is 0 Å². The molecule has 1 aromatic carbocycles. The lowest BCUT2D eigenvalue weighted by molar-refractivity contribution is 0.821. The molecular weight excluding hydrogens is 318 g/mol. The molecule has 0 saturated heterocycles. The number of nitrogens with one attached hydrogen (secondary N) is 3. The van der Waals surface area contributed by atoms with Crippen molar-refractivity contribution in [2.24, 2.45) is 0 Å². The Morgan fingerprint density at radius 1 is 1.10 bits per heavy atom. The average Bonchev–Trinajstić information content (AvgIpc) is 2.43. The monoisotopic (exact) mass is 335 g/mol. The van der Waals surface area contributed by atoms with Gasteiger partial charge in [-0.15, -0.1) is 0 Å². The Labute approximate surface area is 127 Å². The van der Waals surface area contributed by atoms with Crippen molar-refractivity contribution in [2.45, 2.75) is 6.92 Å². The molecule has 0 amide bonds. The van der Waals surface area contributed by atoms with Crippen molar-refractivity contribution >= 4 is 33.3 Å². The maximum atomic E-state index is 4.23. The van der Waals surface area contributed by atoms with Gasteiger partial charge in [-0.2, -0.15) is 0 Å². The van der Waals surface area contributed by atoms with Gasteiger partial charge in [-0.25, -0.2) is 9.97 Å². The van der Waals surface area contributed by atoms with E-state index in [1.165, 1.54) is 5.56 Å². The van der Waals surface area contributed by atoms with Gasteiger partial charge in [0.15, 0.2) is 0 Å². The number of hydrogen-bond donors (Lipinski definition) is 3. The quantitative estimate of drug-likeness (QED) is 0.708. The summed E-state index contributed by atoms with van der Waals surface area (Å²) in [6.07, 6.45) is 1.55. The molecule has 1 heterocycles. The van der Waals surface area contributed by atoms with Crippen LogP contribution < -0.4 is 16.0 Å². The highest BCUT2D eigenvalue weighted by molar-refractivity contribution is 9.10. The van der Waals surface area contributed by atoms with E-state index in [4.69, 9.17) is 0 Å². The van der Waals surface area contributed by atoms with Gasteiger partial charge in [0.05, 0.1) is 5.69 Å². The van der Waals surface area contributed by atoms with Crippen molar-refractivity contribution < 1.29 is 0 Å². The first kappa shape index (κ1) is 14.7. The maximum Gasteiger partial charge on any atom is 0.135 e. The second-order valence-electron chi connectivity index (χ2n) is 4.43. The third kappa shape index (κ3) is 4.18. The van der Waals surface area contributed by atoms with Crippen molar-refractivity contribution in [3.8, 4) is 0 Å². The molecule has 0 aliphatic rings. The van der Waals surface area contributed by atoms with Gasteiger partial charge < -0.3 is 16.0 Å². The molecule has 0 unspecified atom stereocenters. The van der Waals surface area contributed by atoms with Crippen LogP contribution in [0.25, 0.3) is 0 Å². The molecule has 0 aliphatic heterocycles. The van der Waals surface area contributed by atoms with E-state index in [0.29, 0.717) is 0 Å². The molecule has 0 radical (unpaired) electrons. The molecule has 20 heavy (non-hydrogen) atoms. The third-order valence-corrected chi connectivity index (χ3v) is 3.39. The minimum atomic E-state index is 0.761. The number of aryl methyl sites for hydroxylation is 1. The highest BCUT2D eigenvalue weighted by Crippen LogP contribution is 2.26. The average molecular weight is 336 g/mol. The maximum absolute atomic E-state index is 4.23. The van der Waals surface area contributed by atoms with Gasteiger partial charge in [-0.05, 0) is 47.6 Å². The zero-order valence-corrected chi connectivity index (χ0v) is 13.2. The summed E-state index contributed by atoms with van der Waals surface area (Å²) in [6, 6.07) is 8.04. The molecule has 6 heteroatoms. The van der Waals surface area contributed by atoms with Crippen LogP contribution in [0.4, 0.5) is 17.3 Å². The van der Waals surface area contributed by atoms with Gasteiger partial charge in [0, 0.05) is 23.6 Å². The number of rotatable bonds is 6. The predicted molar refractivity (Wildman–Crippen MR) is 86.6 cm³/mol. The minimum Gasteiger partial charge on any atom is -0.369 e. The Morgan fingerprint density at radius 3 is 2.65 bits per heavy atom. The molecule has 2 aromatic rings. The van der Waals surface area contributed by atoms with E-state index in [2.05, 4.69) is 60.9 Å². The van der Waals surface area contributed by atoms with Crippen molar-refractivity contribution in [1.29, 1.82) is 0 Å². The van der Waals surface area contributed by atoms with Crippen LogP contribution in [0.5, 0.6) is 0 Å². The summed E-state index contributed by atoms with van der Waals surface area (Å²) in [4.78, 5) is 8.42. The molecule has 1 aromatic heterocycles. The lowest BCUT2D eigenvalue weighted by atomic mass is 10.2. The SMILES string of the molecule is CNCCNc1cc(Nc2ccc(C)cc2Br)ncn1. The summed E-state index contributed by atoms with van der Waals surface area (Å²) >= 11 is 3.54. The minimum absolute atomic E-state index is 0.761. The highest BCUT2D eigenvalue weighted by Gasteiger charge is 2.03. The Balaban J connectivity index is 2.07. The van der Waals surface area contributed by atoms with E-state index in [1.807, 2.05) is 19.2 Å². The summed E-state index contributed by atoms with van der Waals surface area (Å²) in [7, 11) is 1.92. The van der Waals surface area contributed by atoms with E-state index in [9.17, 15) is 0 Å². The van der Waals surface area contributed by atoms with E-state index in [0.717, 1.165) is 34.9 Å². The normalized spacial score (nSPS) is 10.3. The number of aromatic nitrogens is 2. The second-order valence-corrected chi connectivity index (χ2v) is 5.28. The van der Waals surface area contributed by atoms with E-state index in [-0.39, 0.29) is 0 Å². The van der Waals surface area contributed by atoms with Crippen molar-refractivity contribution in [1.82, 2.24) is 15.3 Å². The largest absolute Gasteiger partial charge is 0.369 e. The zero-order chi connectivity index (χ0) is 14.4. The number of anilines is 3. The van der Waals surface area contributed by atoms with E-state index < -0.39 is 0 Å². The third-order valence-electron chi connectivity index (χ3n) is 2.74. The van der Waals surface area contributed by atoms with Gasteiger partial charge in [0.1, 0.15) is 18.0 Å². The molecular formula is C14H18BrN5. The number of benzene rings is 1. The Morgan fingerprint density at radius 2 is 1.90 bits per heavy atom. The lowest BCUT2D eigenvalue weighted by Gasteiger charge is -2.10.